The van der Waals surface area contributed by atoms with Crippen LogP contribution in [0.3, 0.4) is 0 Å². The van der Waals surface area contributed by atoms with Crippen molar-refractivity contribution in [1.29, 1.82) is 10.7 Å². The van der Waals surface area contributed by atoms with Gasteiger partial charge in [0.1, 0.15) is 11.6 Å². The zero-order valence-electron chi connectivity index (χ0n) is 9.71. The van der Waals surface area contributed by atoms with E-state index >= 15 is 0 Å². The Kier molecular flexibility index (Phi) is 4.69. The van der Waals surface area contributed by atoms with Gasteiger partial charge in [0.25, 0.3) is 0 Å². The quantitative estimate of drug-likeness (QED) is 0.615. The molecule has 0 amide bonds. The minimum Gasteiger partial charge on any atom is -0.453 e. The molecule has 0 spiro atoms. The van der Waals surface area contributed by atoms with Gasteiger partial charge in [0, 0.05) is 11.9 Å². The van der Waals surface area contributed by atoms with E-state index in [4.69, 9.17) is 15.4 Å². The lowest BCUT2D eigenvalue weighted by atomic mass is 10.0. The number of carbonyl (C=O) groups excluding carboxylic acids is 2. The standard InChI is InChI=1S/C12H11N3O3/c1-8(14)9(6-13)11(16)7-18-12(17)10-4-2-3-5-15-10/h2-5,9,14H,7H2,1H3. The van der Waals surface area contributed by atoms with Gasteiger partial charge in [-0.25, -0.2) is 9.78 Å². The first kappa shape index (κ1) is 13.5. The van der Waals surface area contributed by atoms with Gasteiger partial charge in [-0.1, -0.05) is 6.07 Å². The van der Waals surface area contributed by atoms with Crippen LogP contribution >= 0.6 is 0 Å². The van der Waals surface area contributed by atoms with Crippen molar-refractivity contribution < 1.29 is 14.3 Å². The van der Waals surface area contributed by atoms with Crippen LogP contribution in [0.15, 0.2) is 24.4 Å². The number of pyridine rings is 1. The Labute approximate surface area is 104 Å². The van der Waals surface area contributed by atoms with E-state index in [1.807, 2.05) is 0 Å². The number of hydrogen-bond donors (Lipinski definition) is 1. The van der Waals surface area contributed by atoms with Crippen molar-refractivity contribution in [1.82, 2.24) is 4.98 Å². The van der Waals surface area contributed by atoms with Crippen molar-refractivity contribution in [3.05, 3.63) is 30.1 Å². The predicted molar refractivity (Wildman–Crippen MR) is 62.0 cm³/mol. The molecule has 18 heavy (non-hydrogen) atoms. The molecule has 6 heteroatoms. The maximum Gasteiger partial charge on any atom is 0.357 e. The third-order valence-corrected chi connectivity index (χ3v) is 2.10. The van der Waals surface area contributed by atoms with Crippen LogP contribution in [-0.2, 0) is 9.53 Å². The molecule has 0 fully saturated rings. The molecule has 6 nitrogen and oxygen atoms in total. The van der Waals surface area contributed by atoms with Crippen LogP contribution < -0.4 is 0 Å². The van der Waals surface area contributed by atoms with Gasteiger partial charge in [-0.2, -0.15) is 5.26 Å². The zero-order valence-corrected chi connectivity index (χ0v) is 9.71. The van der Waals surface area contributed by atoms with Crippen LogP contribution in [0, 0.1) is 22.7 Å². The molecule has 1 aromatic heterocycles. The van der Waals surface area contributed by atoms with E-state index in [-0.39, 0.29) is 11.4 Å². The molecule has 0 aliphatic rings. The molecule has 1 atom stereocenters. The summed E-state index contributed by atoms with van der Waals surface area (Å²) in [6.07, 6.45) is 1.43. The van der Waals surface area contributed by atoms with Crippen molar-refractivity contribution in [2.45, 2.75) is 6.92 Å². The summed E-state index contributed by atoms with van der Waals surface area (Å²) in [5.41, 5.74) is 0.0155. The van der Waals surface area contributed by atoms with E-state index in [9.17, 15) is 9.59 Å². The number of carbonyl (C=O) groups is 2. The lowest BCUT2D eigenvalue weighted by Gasteiger charge is -2.06. The molecule has 1 N–H and O–H groups in total. The first-order valence-corrected chi connectivity index (χ1v) is 5.11. The molecule has 0 saturated carbocycles. The van der Waals surface area contributed by atoms with E-state index in [1.54, 1.807) is 18.2 Å². The van der Waals surface area contributed by atoms with Crippen LogP contribution in [0.2, 0.25) is 0 Å². The summed E-state index contributed by atoms with van der Waals surface area (Å²) >= 11 is 0. The number of nitriles is 1. The number of aromatic nitrogens is 1. The smallest absolute Gasteiger partial charge is 0.357 e. The maximum absolute atomic E-state index is 11.5. The number of ether oxygens (including phenoxy) is 1. The van der Waals surface area contributed by atoms with E-state index in [2.05, 4.69) is 4.98 Å². The van der Waals surface area contributed by atoms with Crippen molar-refractivity contribution >= 4 is 17.5 Å². The summed E-state index contributed by atoms with van der Waals surface area (Å²) in [5, 5.41) is 15.9. The van der Waals surface area contributed by atoms with Gasteiger partial charge in [0.15, 0.2) is 12.4 Å². The monoisotopic (exact) mass is 245 g/mol. The molecule has 1 aromatic rings. The summed E-state index contributed by atoms with van der Waals surface area (Å²) in [4.78, 5) is 26.7. The minimum absolute atomic E-state index is 0.0728. The van der Waals surface area contributed by atoms with Gasteiger partial charge in [-0.05, 0) is 19.1 Å². The van der Waals surface area contributed by atoms with Gasteiger partial charge >= 0.3 is 5.97 Å². The summed E-state index contributed by atoms with van der Waals surface area (Å²) in [6, 6.07) is 6.40. The molecule has 1 heterocycles. The average molecular weight is 245 g/mol. The number of nitrogens with one attached hydrogen (secondary N) is 1. The fourth-order valence-corrected chi connectivity index (χ4v) is 1.19. The van der Waals surface area contributed by atoms with E-state index in [0.29, 0.717) is 0 Å². The van der Waals surface area contributed by atoms with E-state index in [1.165, 1.54) is 19.2 Å². The molecule has 1 unspecified atom stereocenters. The highest BCUT2D eigenvalue weighted by atomic mass is 16.5. The predicted octanol–water partition coefficient (Wildman–Crippen LogP) is 0.987. The van der Waals surface area contributed by atoms with Gasteiger partial charge in [-0.15, -0.1) is 0 Å². The number of esters is 1. The van der Waals surface area contributed by atoms with Crippen molar-refractivity contribution in [2.24, 2.45) is 5.92 Å². The Hall–Kier alpha value is -2.55. The first-order valence-electron chi connectivity index (χ1n) is 5.11. The maximum atomic E-state index is 11.5. The number of nitrogens with zero attached hydrogens (tertiary/aromatic N) is 2. The van der Waals surface area contributed by atoms with Crippen LogP contribution in [-0.4, -0.2) is 29.1 Å². The van der Waals surface area contributed by atoms with Crippen LogP contribution in [0.25, 0.3) is 0 Å². The number of rotatable bonds is 5. The number of hydrogen-bond acceptors (Lipinski definition) is 6. The highest BCUT2D eigenvalue weighted by Gasteiger charge is 2.21. The van der Waals surface area contributed by atoms with E-state index < -0.39 is 24.3 Å². The number of Topliss-reactive ketones (excluding diaryl/α,β-unsaturated/α-hetero) is 1. The molecule has 0 aromatic carbocycles. The van der Waals surface area contributed by atoms with Crippen molar-refractivity contribution in [2.75, 3.05) is 6.61 Å². The summed E-state index contributed by atoms with van der Waals surface area (Å²) in [5.74, 6) is -2.51. The Morgan fingerprint density at radius 1 is 1.56 bits per heavy atom. The summed E-state index contributed by atoms with van der Waals surface area (Å²) in [6.45, 7) is 0.816. The topological polar surface area (TPSA) is 104 Å². The Morgan fingerprint density at radius 3 is 2.78 bits per heavy atom. The van der Waals surface area contributed by atoms with Crippen LogP contribution in [0.1, 0.15) is 17.4 Å². The molecule has 0 aliphatic heterocycles. The van der Waals surface area contributed by atoms with Crippen molar-refractivity contribution in [3.63, 3.8) is 0 Å². The Morgan fingerprint density at radius 2 is 2.28 bits per heavy atom. The molecule has 0 bridgehead atoms. The van der Waals surface area contributed by atoms with Crippen LogP contribution in [0.5, 0.6) is 0 Å². The zero-order chi connectivity index (χ0) is 13.5. The van der Waals surface area contributed by atoms with E-state index in [0.717, 1.165) is 0 Å². The van der Waals surface area contributed by atoms with Gasteiger partial charge in [0.2, 0.25) is 0 Å². The molecular weight excluding hydrogens is 234 g/mol. The molecule has 92 valence electrons. The Bertz CT molecular complexity index is 505. The lowest BCUT2D eigenvalue weighted by Crippen LogP contribution is -2.25. The van der Waals surface area contributed by atoms with Gasteiger partial charge in [0.05, 0.1) is 6.07 Å². The fraction of sp³-hybridized carbons (Fsp3) is 0.250. The highest BCUT2D eigenvalue weighted by molar-refractivity contribution is 6.06. The summed E-state index contributed by atoms with van der Waals surface area (Å²) < 4.78 is 4.72. The second-order valence-electron chi connectivity index (χ2n) is 3.50. The summed E-state index contributed by atoms with van der Waals surface area (Å²) in [7, 11) is 0. The molecule has 0 saturated heterocycles. The normalized spacial score (nSPS) is 11.1. The molecule has 0 radical (unpaired) electrons. The first-order chi connectivity index (χ1) is 8.56. The molecule has 1 rings (SSSR count). The van der Waals surface area contributed by atoms with Crippen LogP contribution in [0.4, 0.5) is 0 Å². The third kappa shape index (κ3) is 3.49. The number of ketones is 1. The third-order valence-electron chi connectivity index (χ3n) is 2.10. The SMILES string of the molecule is CC(=N)C(C#N)C(=O)COC(=O)c1ccccn1. The minimum atomic E-state index is -1.17. The molecular formula is C12H11N3O3. The van der Waals surface area contributed by atoms with Gasteiger partial charge in [-0.3, -0.25) is 4.79 Å². The largest absolute Gasteiger partial charge is 0.453 e. The lowest BCUT2D eigenvalue weighted by molar-refractivity contribution is -0.122. The van der Waals surface area contributed by atoms with Crippen molar-refractivity contribution in [3.8, 4) is 6.07 Å². The second kappa shape index (κ2) is 6.25. The molecule has 0 aliphatic carbocycles. The second-order valence-corrected chi connectivity index (χ2v) is 3.50. The van der Waals surface area contributed by atoms with Gasteiger partial charge < -0.3 is 10.1 Å². The average Bonchev–Trinajstić information content (AvgIpc) is 2.37. The fourth-order valence-electron chi connectivity index (χ4n) is 1.19. The Balaban J connectivity index is 2.57. The highest BCUT2D eigenvalue weighted by Crippen LogP contribution is 2.02.